The lowest BCUT2D eigenvalue weighted by Crippen LogP contribution is -2.48. The van der Waals surface area contributed by atoms with Crippen molar-refractivity contribution in [2.75, 3.05) is 19.6 Å². The molecular formula is C14H22N2O2S. The minimum Gasteiger partial charge on any atom is -0.389 e. The van der Waals surface area contributed by atoms with Crippen LogP contribution in [0.3, 0.4) is 0 Å². The van der Waals surface area contributed by atoms with E-state index in [2.05, 4.69) is 10.2 Å². The molecule has 106 valence electrons. The first-order chi connectivity index (χ1) is 8.94. The van der Waals surface area contributed by atoms with E-state index in [0.29, 0.717) is 6.54 Å². The second-order valence-corrected chi connectivity index (χ2v) is 6.63. The predicted molar refractivity (Wildman–Crippen MR) is 77.5 cm³/mol. The predicted octanol–water partition coefficient (Wildman–Crippen LogP) is 1.71. The van der Waals surface area contributed by atoms with Crippen molar-refractivity contribution in [1.29, 1.82) is 0 Å². The second kappa shape index (κ2) is 6.03. The molecule has 4 nitrogen and oxygen atoms in total. The molecule has 2 N–H and O–H groups in total. The van der Waals surface area contributed by atoms with Crippen LogP contribution in [0.5, 0.6) is 0 Å². The van der Waals surface area contributed by atoms with Gasteiger partial charge in [0.2, 0.25) is 0 Å². The molecule has 0 spiro atoms. The first-order valence-electron chi connectivity index (χ1n) is 6.72. The minimum absolute atomic E-state index is 0.0298. The third-order valence-electron chi connectivity index (χ3n) is 3.32. The number of carbonyl (C=O) groups excluding carboxylic acids is 1. The van der Waals surface area contributed by atoms with Crippen LogP contribution in [0.1, 0.15) is 37.0 Å². The fourth-order valence-corrected chi connectivity index (χ4v) is 3.08. The van der Waals surface area contributed by atoms with E-state index >= 15 is 0 Å². The highest BCUT2D eigenvalue weighted by Crippen LogP contribution is 2.15. The van der Waals surface area contributed by atoms with Crippen LogP contribution in [0, 0.1) is 0 Å². The SMILES string of the molecule is CC(C)(O)CN1CCC(NC(=O)c2ccsc2)CC1. The van der Waals surface area contributed by atoms with E-state index < -0.39 is 5.60 Å². The van der Waals surface area contributed by atoms with Crippen molar-refractivity contribution in [3.8, 4) is 0 Å². The summed E-state index contributed by atoms with van der Waals surface area (Å²) in [6.07, 6.45) is 1.90. The summed E-state index contributed by atoms with van der Waals surface area (Å²) in [6.45, 7) is 6.21. The highest BCUT2D eigenvalue weighted by Gasteiger charge is 2.24. The van der Waals surface area contributed by atoms with Gasteiger partial charge in [-0.05, 0) is 38.1 Å². The Kier molecular flexibility index (Phi) is 4.60. The van der Waals surface area contributed by atoms with Crippen LogP contribution in [-0.2, 0) is 0 Å². The molecular weight excluding hydrogens is 260 g/mol. The molecule has 0 unspecified atom stereocenters. The van der Waals surface area contributed by atoms with E-state index in [1.54, 1.807) is 0 Å². The highest BCUT2D eigenvalue weighted by molar-refractivity contribution is 7.08. The van der Waals surface area contributed by atoms with Crippen molar-refractivity contribution < 1.29 is 9.90 Å². The average Bonchev–Trinajstić information content (AvgIpc) is 2.83. The highest BCUT2D eigenvalue weighted by atomic mass is 32.1. The fourth-order valence-electron chi connectivity index (χ4n) is 2.45. The normalized spacial score (nSPS) is 18.5. The second-order valence-electron chi connectivity index (χ2n) is 5.85. The first kappa shape index (κ1) is 14.5. The summed E-state index contributed by atoms with van der Waals surface area (Å²) in [5.74, 6) is 0.0298. The van der Waals surface area contributed by atoms with Gasteiger partial charge in [-0.15, -0.1) is 0 Å². The molecule has 1 aromatic rings. The molecule has 0 saturated carbocycles. The van der Waals surface area contributed by atoms with Crippen LogP contribution in [0.25, 0.3) is 0 Å². The number of hydrogen-bond acceptors (Lipinski definition) is 4. The number of carbonyl (C=O) groups is 1. The van der Waals surface area contributed by atoms with E-state index in [4.69, 9.17) is 0 Å². The molecule has 2 rings (SSSR count). The molecule has 0 aromatic carbocycles. The molecule has 1 aliphatic heterocycles. The number of piperidine rings is 1. The smallest absolute Gasteiger partial charge is 0.252 e. The van der Waals surface area contributed by atoms with Gasteiger partial charge in [0.1, 0.15) is 0 Å². The van der Waals surface area contributed by atoms with E-state index in [1.807, 2.05) is 30.7 Å². The average molecular weight is 282 g/mol. The zero-order valence-corrected chi connectivity index (χ0v) is 12.4. The number of β-amino-alcohol motifs (C(OH)–C–C–N with tert-alkyl or cyclic N) is 1. The first-order valence-corrected chi connectivity index (χ1v) is 7.66. The molecule has 1 aliphatic rings. The third kappa shape index (κ3) is 4.60. The van der Waals surface area contributed by atoms with Gasteiger partial charge in [-0.1, -0.05) is 0 Å². The standard InChI is InChI=1S/C14H22N2O2S/c1-14(2,18)10-16-6-3-12(4-7-16)15-13(17)11-5-8-19-9-11/h5,8-9,12,18H,3-4,6-7,10H2,1-2H3,(H,15,17). The van der Waals surface area contributed by atoms with Gasteiger partial charge in [0.25, 0.3) is 5.91 Å². The summed E-state index contributed by atoms with van der Waals surface area (Å²) in [5, 5.41) is 16.7. The van der Waals surface area contributed by atoms with Crippen LogP contribution >= 0.6 is 11.3 Å². The molecule has 0 atom stereocenters. The Morgan fingerprint density at radius 2 is 2.21 bits per heavy atom. The lowest BCUT2D eigenvalue weighted by atomic mass is 10.0. The lowest BCUT2D eigenvalue weighted by Gasteiger charge is -2.35. The van der Waals surface area contributed by atoms with Crippen LogP contribution < -0.4 is 5.32 Å². The molecule has 0 radical (unpaired) electrons. The zero-order valence-electron chi connectivity index (χ0n) is 11.6. The molecule has 1 saturated heterocycles. The van der Waals surface area contributed by atoms with Crippen molar-refractivity contribution >= 4 is 17.2 Å². The maximum atomic E-state index is 11.9. The van der Waals surface area contributed by atoms with E-state index in [-0.39, 0.29) is 11.9 Å². The number of nitrogens with one attached hydrogen (secondary N) is 1. The molecule has 1 amide bonds. The summed E-state index contributed by atoms with van der Waals surface area (Å²) in [6, 6.07) is 2.11. The summed E-state index contributed by atoms with van der Waals surface area (Å²) in [7, 11) is 0. The Balaban J connectivity index is 1.76. The van der Waals surface area contributed by atoms with Crippen LogP contribution in [0.15, 0.2) is 16.8 Å². The molecule has 1 fully saturated rings. The molecule has 1 aromatic heterocycles. The van der Waals surface area contributed by atoms with Crippen molar-refractivity contribution in [1.82, 2.24) is 10.2 Å². The largest absolute Gasteiger partial charge is 0.389 e. The number of rotatable bonds is 4. The lowest BCUT2D eigenvalue weighted by molar-refractivity contribution is 0.0267. The van der Waals surface area contributed by atoms with Crippen molar-refractivity contribution in [3.63, 3.8) is 0 Å². The zero-order chi connectivity index (χ0) is 13.9. The van der Waals surface area contributed by atoms with E-state index in [0.717, 1.165) is 31.5 Å². The number of hydrogen-bond donors (Lipinski definition) is 2. The topological polar surface area (TPSA) is 52.6 Å². The monoisotopic (exact) mass is 282 g/mol. The van der Waals surface area contributed by atoms with Gasteiger partial charge in [0.05, 0.1) is 5.60 Å². The maximum Gasteiger partial charge on any atom is 0.252 e. The summed E-state index contributed by atoms with van der Waals surface area (Å²) in [5.41, 5.74) is 0.108. The van der Waals surface area contributed by atoms with Crippen LogP contribution in [0.4, 0.5) is 0 Å². The Hall–Kier alpha value is -0.910. The quantitative estimate of drug-likeness (QED) is 0.884. The van der Waals surface area contributed by atoms with Crippen molar-refractivity contribution in [2.45, 2.75) is 38.3 Å². The van der Waals surface area contributed by atoms with Crippen molar-refractivity contribution in [3.05, 3.63) is 22.4 Å². The van der Waals surface area contributed by atoms with Gasteiger partial charge in [-0.2, -0.15) is 11.3 Å². The molecule has 19 heavy (non-hydrogen) atoms. The molecule has 2 heterocycles. The number of nitrogens with zero attached hydrogens (tertiary/aromatic N) is 1. The Labute approximate surface area is 118 Å². The van der Waals surface area contributed by atoms with Gasteiger partial charge in [-0.3, -0.25) is 4.79 Å². The number of amides is 1. The Morgan fingerprint density at radius 3 is 2.74 bits per heavy atom. The number of aliphatic hydroxyl groups is 1. The van der Waals surface area contributed by atoms with E-state index in [9.17, 15) is 9.90 Å². The Bertz CT molecular complexity index is 404. The van der Waals surface area contributed by atoms with Gasteiger partial charge in [0, 0.05) is 36.6 Å². The Morgan fingerprint density at radius 1 is 1.53 bits per heavy atom. The minimum atomic E-state index is -0.646. The van der Waals surface area contributed by atoms with Gasteiger partial charge < -0.3 is 15.3 Å². The molecule has 0 bridgehead atoms. The van der Waals surface area contributed by atoms with Crippen LogP contribution in [-0.4, -0.2) is 47.2 Å². The fraction of sp³-hybridized carbons (Fsp3) is 0.643. The summed E-state index contributed by atoms with van der Waals surface area (Å²) in [4.78, 5) is 14.2. The third-order valence-corrected chi connectivity index (χ3v) is 4.00. The maximum absolute atomic E-state index is 11.9. The summed E-state index contributed by atoms with van der Waals surface area (Å²) >= 11 is 1.54. The van der Waals surface area contributed by atoms with E-state index in [1.165, 1.54) is 11.3 Å². The van der Waals surface area contributed by atoms with Gasteiger partial charge >= 0.3 is 0 Å². The number of thiophene rings is 1. The molecule has 5 heteroatoms. The van der Waals surface area contributed by atoms with Gasteiger partial charge in [0.15, 0.2) is 0 Å². The number of likely N-dealkylation sites (tertiary alicyclic amines) is 1. The van der Waals surface area contributed by atoms with Gasteiger partial charge in [-0.25, -0.2) is 0 Å². The van der Waals surface area contributed by atoms with Crippen molar-refractivity contribution in [2.24, 2.45) is 0 Å². The molecule has 0 aliphatic carbocycles. The summed E-state index contributed by atoms with van der Waals surface area (Å²) < 4.78 is 0. The van der Waals surface area contributed by atoms with Crippen LogP contribution in [0.2, 0.25) is 0 Å².